The normalized spacial score (nSPS) is 17.8. The molecule has 0 unspecified atom stereocenters. The Morgan fingerprint density at radius 1 is 1.08 bits per heavy atom. The van der Waals surface area contributed by atoms with E-state index in [1.807, 2.05) is 61.5 Å². The lowest BCUT2D eigenvalue weighted by Gasteiger charge is -2.36. The molecule has 0 spiro atoms. The number of rotatable bonds is 3. The SMILES string of the molecule is CC(=O)N1CCc2ccccc2[C@@H]1C(=O)N[C@H](C)c1ccccc1. The third kappa shape index (κ3) is 3.18. The highest BCUT2D eigenvalue weighted by Gasteiger charge is 2.34. The summed E-state index contributed by atoms with van der Waals surface area (Å²) in [6.45, 7) is 4.05. The molecule has 0 bridgehead atoms. The van der Waals surface area contributed by atoms with E-state index in [-0.39, 0.29) is 17.9 Å². The Kier molecular flexibility index (Phi) is 4.65. The predicted molar refractivity (Wildman–Crippen MR) is 93.3 cm³/mol. The van der Waals surface area contributed by atoms with Crippen molar-refractivity contribution >= 4 is 11.8 Å². The molecule has 0 saturated carbocycles. The van der Waals surface area contributed by atoms with Crippen LogP contribution < -0.4 is 5.32 Å². The number of carbonyl (C=O) groups excluding carboxylic acids is 2. The molecule has 0 saturated heterocycles. The van der Waals surface area contributed by atoms with Crippen molar-refractivity contribution < 1.29 is 9.59 Å². The zero-order valence-corrected chi connectivity index (χ0v) is 14.0. The zero-order chi connectivity index (χ0) is 17.1. The van der Waals surface area contributed by atoms with E-state index >= 15 is 0 Å². The molecule has 1 heterocycles. The predicted octanol–water partition coefficient (Wildman–Crippen LogP) is 3.01. The topological polar surface area (TPSA) is 49.4 Å². The molecule has 0 radical (unpaired) electrons. The number of amides is 2. The standard InChI is InChI=1S/C20H22N2O2/c1-14(16-8-4-3-5-9-16)21-20(24)19-18-11-7-6-10-17(18)12-13-22(19)15(2)23/h3-11,14,19H,12-13H2,1-2H3,(H,21,24)/t14-,19-/m1/s1. The smallest absolute Gasteiger partial charge is 0.247 e. The van der Waals surface area contributed by atoms with Crippen LogP contribution in [0.2, 0.25) is 0 Å². The van der Waals surface area contributed by atoms with Gasteiger partial charge >= 0.3 is 0 Å². The monoisotopic (exact) mass is 322 g/mol. The molecular formula is C20H22N2O2. The Hall–Kier alpha value is -2.62. The fourth-order valence-corrected chi connectivity index (χ4v) is 3.31. The summed E-state index contributed by atoms with van der Waals surface area (Å²) in [5.41, 5.74) is 3.11. The summed E-state index contributed by atoms with van der Waals surface area (Å²) < 4.78 is 0. The Labute approximate surface area is 142 Å². The van der Waals surface area contributed by atoms with Gasteiger partial charge in [-0.3, -0.25) is 9.59 Å². The molecule has 4 heteroatoms. The Bertz CT molecular complexity index is 742. The molecule has 4 nitrogen and oxygen atoms in total. The van der Waals surface area contributed by atoms with Crippen molar-refractivity contribution in [2.24, 2.45) is 0 Å². The van der Waals surface area contributed by atoms with Gasteiger partial charge in [-0.1, -0.05) is 54.6 Å². The van der Waals surface area contributed by atoms with Crippen LogP contribution in [0.4, 0.5) is 0 Å². The van der Waals surface area contributed by atoms with E-state index in [0.29, 0.717) is 6.54 Å². The Balaban J connectivity index is 1.87. The maximum Gasteiger partial charge on any atom is 0.247 e. The van der Waals surface area contributed by atoms with Crippen molar-refractivity contribution in [3.05, 3.63) is 71.3 Å². The van der Waals surface area contributed by atoms with E-state index in [2.05, 4.69) is 5.32 Å². The second-order valence-corrected chi connectivity index (χ2v) is 6.20. The van der Waals surface area contributed by atoms with Gasteiger partial charge in [0.1, 0.15) is 6.04 Å². The molecule has 24 heavy (non-hydrogen) atoms. The van der Waals surface area contributed by atoms with E-state index in [1.165, 1.54) is 6.92 Å². The lowest BCUT2D eigenvalue weighted by Crippen LogP contribution is -2.46. The maximum absolute atomic E-state index is 13.0. The highest BCUT2D eigenvalue weighted by Crippen LogP contribution is 2.30. The van der Waals surface area contributed by atoms with Crippen LogP contribution in [0.5, 0.6) is 0 Å². The molecule has 1 aliphatic heterocycles. The molecule has 2 atom stereocenters. The van der Waals surface area contributed by atoms with Crippen LogP contribution in [-0.4, -0.2) is 23.3 Å². The van der Waals surface area contributed by atoms with Gasteiger partial charge in [-0.15, -0.1) is 0 Å². The Morgan fingerprint density at radius 3 is 2.46 bits per heavy atom. The summed E-state index contributed by atoms with van der Waals surface area (Å²) in [4.78, 5) is 26.6. The molecule has 1 aliphatic rings. The molecule has 1 N–H and O–H groups in total. The van der Waals surface area contributed by atoms with Crippen LogP contribution in [0.15, 0.2) is 54.6 Å². The van der Waals surface area contributed by atoms with Crippen LogP contribution in [0, 0.1) is 0 Å². The molecule has 0 fully saturated rings. The lowest BCUT2D eigenvalue weighted by atomic mass is 9.91. The number of benzene rings is 2. The number of carbonyl (C=O) groups is 2. The first-order valence-corrected chi connectivity index (χ1v) is 8.28. The summed E-state index contributed by atoms with van der Waals surface area (Å²) in [5.74, 6) is -0.203. The van der Waals surface area contributed by atoms with E-state index in [0.717, 1.165) is 23.1 Å². The minimum Gasteiger partial charge on any atom is -0.347 e. The molecular weight excluding hydrogens is 300 g/mol. The fraction of sp³-hybridized carbons (Fsp3) is 0.300. The van der Waals surface area contributed by atoms with E-state index in [4.69, 9.17) is 0 Å². The molecule has 2 amide bonds. The molecule has 0 aliphatic carbocycles. The van der Waals surface area contributed by atoms with Gasteiger partial charge in [0.05, 0.1) is 6.04 Å². The van der Waals surface area contributed by atoms with Crippen molar-refractivity contribution in [1.82, 2.24) is 10.2 Å². The number of hydrogen-bond donors (Lipinski definition) is 1. The minimum absolute atomic E-state index is 0.0722. The summed E-state index contributed by atoms with van der Waals surface area (Å²) in [7, 11) is 0. The van der Waals surface area contributed by atoms with E-state index < -0.39 is 6.04 Å². The number of nitrogens with one attached hydrogen (secondary N) is 1. The Morgan fingerprint density at radius 2 is 1.75 bits per heavy atom. The molecule has 2 aromatic carbocycles. The van der Waals surface area contributed by atoms with Crippen molar-refractivity contribution in [3.63, 3.8) is 0 Å². The third-order valence-corrected chi connectivity index (χ3v) is 4.59. The van der Waals surface area contributed by atoms with Gasteiger partial charge < -0.3 is 10.2 Å². The lowest BCUT2D eigenvalue weighted by molar-refractivity contribution is -0.140. The fourth-order valence-electron chi connectivity index (χ4n) is 3.31. The average Bonchev–Trinajstić information content (AvgIpc) is 2.61. The molecule has 0 aromatic heterocycles. The molecule has 124 valence electrons. The number of fused-ring (bicyclic) bond motifs is 1. The van der Waals surface area contributed by atoms with Gasteiger partial charge in [-0.25, -0.2) is 0 Å². The van der Waals surface area contributed by atoms with E-state index in [1.54, 1.807) is 4.90 Å². The van der Waals surface area contributed by atoms with Gasteiger partial charge in [0.15, 0.2) is 0 Å². The average molecular weight is 322 g/mol. The largest absolute Gasteiger partial charge is 0.347 e. The van der Waals surface area contributed by atoms with Crippen molar-refractivity contribution in [1.29, 1.82) is 0 Å². The van der Waals surface area contributed by atoms with Gasteiger partial charge in [-0.2, -0.15) is 0 Å². The zero-order valence-electron chi connectivity index (χ0n) is 14.0. The number of hydrogen-bond acceptors (Lipinski definition) is 2. The van der Waals surface area contributed by atoms with Crippen LogP contribution in [0.25, 0.3) is 0 Å². The number of nitrogens with zero attached hydrogens (tertiary/aromatic N) is 1. The molecule has 2 aromatic rings. The van der Waals surface area contributed by atoms with Gasteiger partial charge in [0.2, 0.25) is 11.8 Å². The highest BCUT2D eigenvalue weighted by molar-refractivity contribution is 5.89. The van der Waals surface area contributed by atoms with Crippen LogP contribution >= 0.6 is 0 Å². The molecule has 3 rings (SSSR count). The quantitative estimate of drug-likeness (QED) is 0.944. The van der Waals surface area contributed by atoms with Gasteiger partial charge in [0.25, 0.3) is 0 Å². The summed E-state index contributed by atoms with van der Waals surface area (Å²) in [5, 5.41) is 3.06. The van der Waals surface area contributed by atoms with Crippen molar-refractivity contribution in [3.8, 4) is 0 Å². The first kappa shape index (κ1) is 16.2. The maximum atomic E-state index is 13.0. The van der Waals surface area contributed by atoms with E-state index in [9.17, 15) is 9.59 Å². The summed E-state index contributed by atoms with van der Waals surface area (Å²) in [6.07, 6.45) is 0.785. The van der Waals surface area contributed by atoms with Gasteiger partial charge in [0, 0.05) is 13.5 Å². The second kappa shape index (κ2) is 6.87. The van der Waals surface area contributed by atoms with Crippen LogP contribution in [0.3, 0.4) is 0 Å². The van der Waals surface area contributed by atoms with Gasteiger partial charge in [-0.05, 0) is 30.0 Å². The van der Waals surface area contributed by atoms with Crippen molar-refractivity contribution in [2.75, 3.05) is 6.54 Å². The second-order valence-electron chi connectivity index (χ2n) is 6.20. The van der Waals surface area contributed by atoms with Crippen LogP contribution in [-0.2, 0) is 16.0 Å². The third-order valence-electron chi connectivity index (χ3n) is 4.59. The summed E-state index contributed by atoms with van der Waals surface area (Å²) >= 11 is 0. The van der Waals surface area contributed by atoms with Crippen molar-refractivity contribution in [2.45, 2.75) is 32.4 Å². The first-order valence-electron chi connectivity index (χ1n) is 8.28. The minimum atomic E-state index is -0.557. The highest BCUT2D eigenvalue weighted by atomic mass is 16.2. The summed E-state index contributed by atoms with van der Waals surface area (Å²) in [6, 6.07) is 17.0. The van der Waals surface area contributed by atoms with Crippen LogP contribution in [0.1, 0.15) is 42.6 Å². The first-order chi connectivity index (χ1) is 11.6.